The van der Waals surface area contributed by atoms with Crippen LogP contribution in [0.3, 0.4) is 0 Å². The van der Waals surface area contributed by atoms with Crippen LogP contribution in [0.1, 0.15) is 13.8 Å². The van der Waals surface area contributed by atoms with Gasteiger partial charge in [0.05, 0.1) is 5.41 Å². The summed E-state index contributed by atoms with van der Waals surface area (Å²) in [5.74, 6) is -0.632. The van der Waals surface area contributed by atoms with Crippen molar-refractivity contribution in [2.24, 2.45) is 11.1 Å². The van der Waals surface area contributed by atoms with E-state index in [4.69, 9.17) is 5.73 Å². The highest BCUT2D eigenvalue weighted by Crippen LogP contribution is 2.13. The van der Waals surface area contributed by atoms with E-state index in [9.17, 15) is 18.0 Å². The molecular formula is C10H15N3O4S. The molecule has 8 heteroatoms. The number of hydrogen-bond donors (Lipinski definition) is 3. The van der Waals surface area contributed by atoms with Gasteiger partial charge in [-0.1, -0.05) is 0 Å². The van der Waals surface area contributed by atoms with Gasteiger partial charge >= 0.3 is 0 Å². The van der Waals surface area contributed by atoms with Crippen molar-refractivity contribution in [1.29, 1.82) is 0 Å². The molecule has 4 N–H and O–H groups in total. The molecular weight excluding hydrogens is 258 g/mol. The Balaban J connectivity index is 2.95. The normalized spacial score (nSPS) is 12.3. The summed E-state index contributed by atoms with van der Waals surface area (Å²) in [6, 6.07) is 1.10. The summed E-state index contributed by atoms with van der Waals surface area (Å²) in [4.78, 5) is 24.6. The molecule has 0 saturated heterocycles. The lowest BCUT2D eigenvalue weighted by Crippen LogP contribution is -2.43. The van der Waals surface area contributed by atoms with Crippen molar-refractivity contribution in [2.45, 2.75) is 18.7 Å². The molecule has 1 amide bonds. The number of nitrogens with one attached hydrogen (secondary N) is 2. The largest absolute Gasteiger partial charge is 0.369 e. The van der Waals surface area contributed by atoms with E-state index >= 15 is 0 Å². The van der Waals surface area contributed by atoms with E-state index in [1.54, 1.807) is 0 Å². The maximum Gasteiger partial charge on any atom is 0.245 e. The van der Waals surface area contributed by atoms with Gasteiger partial charge in [-0.3, -0.25) is 9.59 Å². The predicted molar refractivity (Wildman–Crippen MR) is 65.2 cm³/mol. The van der Waals surface area contributed by atoms with E-state index in [0.29, 0.717) is 0 Å². The molecule has 0 radical (unpaired) electrons. The first-order chi connectivity index (χ1) is 8.17. The van der Waals surface area contributed by atoms with E-state index in [-0.39, 0.29) is 6.54 Å². The monoisotopic (exact) mass is 273 g/mol. The lowest BCUT2D eigenvalue weighted by Gasteiger charge is -2.20. The van der Waals surface area contributed by atoms with Crippen LogP contribution in [0.25, 0.3) is 0 Å². The number of sulfonamides is 1. The van der Waals surface area contributed by atoms with Gasteiger partial charge in [-0.05, 0) is 13.8 Å². The topological polar surface area (TPSA) is 122 Å². The number of carbonyl (C=O) groups is 1. The summed E-state index contributed by atoms with van der Waals surface area (Å²) in [5, 5.41) is 0. The smallest absolute Gasteiger partial charge is 0.245 e. The third kappa shape index (κ3) is 3.17. The second-order valence-electron chi connectivity index (χ2n) is 4.45. The van der Waals surface area contributed by atoms with Gasteiger partial charge in [0.2, 0.25) is 21.4 Å². The van der Waals surface area contributed by atoms with Gasteiger partial charge in [-0.25, -0.2) is 13.1 Å². The number of nitrogens with two attached hydrogens (primary N) is 1. The van der Waals surface area contributed by atoms with Gasteiger partial charge < -0.3 is 10.7 Å². The molecule has 0 spiro atoms. The first-order valence-electron chi connectivity index (χ1n) is 5.13. The zero-order chi connectivity index (χ0) is 14.0. The zero-order valence-corrected chi connectivity index (χ0v) is 10.9. The number of amides is 1. The Morgan fingerprint density at radius 3 is 2.61 bits per heavy atom. The van der Waals surface area contributed by atoms with E-state index in [2.05, 4.69) is 9.71 Å². The third-order valence-electron chi connectivity index (χ3n) is 2.45. The van der Waals surface area contributed by atoms with Gasteiger partial charge in [0.25, 0.3) is 0 Å². The van der Waals surface area contributed by atoms with Crippen molar-refractivity contribution in [2.75, 3.05) is 6.54 Å². The quantitative estimate of drug-likeness (QED) is 0.647. The van der Waals surface area contributed by atoms with Crippen molar-refractivity contribution >= 4 is 15.9 Å². The Bertz CT molecular complexity index is 604. The van der Waals surface area contributed by atoms with Crippen molar-refractivity contribution in [3.63, 3.8) is 0 Å². The van der Waals surface area contributed by atoms with Crippen LogP contribution in [-0.2, 0) is 14.8 Å². The predicted octanol–water partition coefficient (Wildman–Crippen LogP) is -0.835. The number of primary amides is 1. The number of aromatic amines is 1. The maximum absolute atomic E-state index is 11.8. The molecule has 0 atom stereocenters. The van der Waals surface area contributed by atoms with Crippen molar-refractivity contribution in [1.82, 2.24) is 9.71 Å². The average molecular weight is 273 g/mol. The van der Waals surface area contributed by atoms with Crippen LogP contribution in [0.15, 0.2) is 28.2 Å². The summed E-state index contributed by atoms with van der Waals surface area (Å²) in [6.45, 7) is 2.83. The number of carbonyl (C=O) groups excluding carboxylic acids is 1. The molecule has 0 aliphatic rings. The van der Waals surface area contributed by atoms with Crippen LogP contribution in [0.4, 0.5) is 0 Å². The average Bonchev–Trinajstić information content (AvgIpc) is 2.27. The van der Waals surface area contributed by atoms with Crippen LogP contribution < -0.4 is 15.9 Å². The van der Waals surface area contributed by atoms with Crippen molar-refractivity contribution < 1.29 is 13.2 Å². The van der Waals surface area contributed by atoms with Crippen LogP contribution in [0, 0.1) is 5.41 Å². The summed E-state index contributed by atoms with van der Waals surface area (Å²) in [5.41, 5.74) is 3.47. The molecule has 1 heterocycles. The number of H-pyrrole nitrogens is 1. The molecule has 0 aliphatic heterocycles. The highest BCUT2D eigenvalue weighted by Gasteiger charge is 2.28. The van der Waals surface area contributed by atoms with Crippen LogP contribution in [0.2, 0.25) is 0 Å². The van der Waals surface area contributed by atoms with Crippen molar-refractivity contribution in [3.05, 3.63) is 28.7 Å². The SMILES string of the molecule is CC(C)(CNS(=O)(=O)c1c[nH]ccc1=O)C(N)=O. The lowest BCUT2D eigenvalue weighted by atomic mass is 9.93. The molecule has 0 bridgehead atoms. The second-order valence-corrected chi connectivity index (χ2v) is 6.18. The Labute approximate surface area is 104 Å². The number of hydrogen-bond acceptors (Lipinski definition) is 4. The van der Waals surface area contributed by atoms with Crippen LogP contribution in [-0.4, -0.2) is 25.9 Å². The molecule has 0 aliphatic carbocycles. The van der Waals surface area contributed by atoms with Crippen LogP contribution in [0.5, 0.6) is 0 Å². The first kappa shape index (κ1) is 14.4. The van der Waals surface area contributed by atoms with Gasteiger partial charge in [0.15, 0.2) is 0 Å². The minimum absolute atomic E-state index is 0.182. The highest BCUT2D eigenvalue weighted by atomic mass is 32.2. The van der Waals surface area contributed by atoms with E-state index in [1.807, 2.05) is 0 Å². The molecule has 0 unspecified atom stereocenters. The fourth-order valence-corrected chi connectivity index (χ4v) is 2.31. The summed E-state index contributed by atoms with van der Waals surface area (Å²) in [7, 11) is -3.96. The van der Waals surface area contributed by atoms with E-state index < -0.39 is 31.7 Å². The van der Waals surface area contributed by atoms with E-state index in [0.717, 1.165) is 12.3 Å². The maximum atomic E-state index is 11.8. The molecule has 1 rings (SSSR count). The van der Waals surface area contributed by atoms with Gasteiger partial charge in [0.1, 0.15) is 4.90 Å². The third-order valence-corrected chi connectivity index (χ3v) is 3.87. The van der Waals surface area contributed by atoms with E-state index in [1.165, 1.54) is 20.0 Å². The Kier molecular flexibility index (Phi) is 3.92. The van der Waals surface area contributed by atoms with Crippen molar-refractivity contribution in [3.8, 4) is 0 Å². The minimum Gasteiger partial charge on any atom is -0.369 e. The fraction of sp³-hybridized carbons (Fsp3) is 0.400. The lowest BCUT2D eigenvalue weighted by molar-refractivity contribution is -0.125. The van der Waals surface area contributed by atoms with Gasteiger partial charge in [-0.2, -0.15) is 0 Å². The number of rotatable bonds is 5. The Morgan fingerprint density at radius 1 is 1.50 bits per heavy atom. The molecule has 100 valence electrons. The summed E-state index contributed by atoms with van der Waals surface area (Å²) in [6.07, 6.45) is 2.41. The molecule has 1 aromatic rings. The second kappa shape index (κ2) is 4.91. The number of pyridine rings is 1. The Morgan fingerprint density at radius 2 is 2.11 bits per heavy atom. The molecule has 0 aromatic carbocycles. The first-order valence-corrected chi connectivity index (χ1v) is 6.62. The van der Waals surface area contributed by atoms with Gasteiger partial charge in [-0.15, -0.1) is 0 Å². The Hall–Kier alpha value is -1.67. The summed E-state index contributed by atoms with van der Waals surface area (Å²) < 4.78 is 25.9. The molecule has 18 heavy (non-hydrogen) atoms. The van der Waals surface area contributed by atoms with Gasteiger partial charge in [0, 0.05) is 25.0 Å². The van der Waals surface area contributed by atoms with Crippen LogP contribution >= 0.6 is 0 Å². The molecule has 0 fully saturated rings. The fourth-order valence-electron chi connectivity index (χ4n) is 1.05. The minimum atomic E-state index is -3.96. The highest BCUT2D eigenvalue weighted by molar-refractivity contribution is 7.89. The molecule has 0 saturated carbocycles. The standard InChI is InChI=1S/C10H15N3O4S/c1-10(2,9(11)15)6-13-18(16,17)8-5-12-4-3-7(8)14/h3-5,13H,6H2,1-2H3,(H2,11,15)(H,12,14). The zero-order valence-electron chi connectivity index (χ0n) is 10.1. The molecule has 7 nitrogen and oxygen atoms in total. The summed E-state index contributed by atoms with van der Waals surface area (Å²) >= 11 is 0. The molecule has 1 aromatic heterocycles. The number of aromatic nitrogens is 1.